The Morgan fingerprint density at radius 2 is 2.07 bits per heavy atom. The van der Waals surface area contributed by atoms with E-state index >= 15 is 0 Å². The highest BCUT2D eigenvalue weighted by Gasteiger charge is 2.16. The molecular formula is C17H17N7O3. The maximum atomic E-state index is 12.3. The van der Waals surface area contributed by atoms with Crippen molar-refractivity contribution in [3.05, 3.63) is 42.9 Å². The first kappa shape index (κ1) is 18.0. The van der Waals surface area contributed by atoms with Crippen molar-refractivity contribution in [2.75, 3.05) is 5.32 Å². The zero-order valence-corrected chi connectivity index (χ0v) is 14.7. The van der Waals surface area contributed by atoms with E-state index in [0.717, 1.165) is 6.08 Å². The Morgan fingerprint density at radius 3 is 2.81 bits per heavy atom. The molecule has 3 rings (SSSR count). The summed E-state index contributed by atoms with van der Waals surface area (Å²) in [7, 11) is 0. The van der Waals surface area contributed by atoms with E-state index in [0.29, 0.717) is 16.7 Å². The first-order valence-corrected chi connectivity index (χ1v) is 8.05. The second kappa shape index (κ2) is 7.60. The van der Waals surface area contributed by atoms with Crippen LogP contribution in [0.2, 0.25) is 0 Å². The van der Waals surface area contributed by atoms with Crippen LogP contribution in [0.5, 0.6) is 11.8 Å². The Hall–Kier alpha value is -3.82. The van der Waals surface area contributed by atoms with Gasteiger partial charge in [0.15, 0.2) is 5.65 Å². The van der Waals surface area contributed by atoms with Crippen LogP contribution in [0.3, 0.4) is 0 Å². The lowest BCUT2D eigenvalue weighted by atomic mass is 10.2. The first-order valence-electron chi connectivity index (χ1n) is 8.05. The number of fused-ring (bicyclic) bond motifs is 1. The van der Waals surface area contributed by atoms with E-state index in [1.165, 1.54) is 18.5 Å². The van der Waals surface area contributed by atoms with E-state index in [9.17, 15) is 9.59 Å². The van der Waals surface area contributed by atoms with Crippen molar-refractivity contribution in [2.45, 2.75) is 19.9 Å². The van der Waals surface area contributed by atoms with E-state index in [1.54, 1.807) is 6.20 Å². The summed E-state index contributed by atoms with van der Waals surface area (Å²) >= 11 is 0. The molecule has 0 aliphatic carbocycles. The number of anilines is 1. The second-order valence-corrected chi connectivity index (χ2v) is 5.75. The van der Waals surface area contributed by atoms with Crippen molar-refractivity contribution in [3.63, 3.8) is 0 Å². The van der Waals surface area contributed by atoms with Crippen LogP contribution in [0.15, 0.2) is 37.3 Å². The molecule has 0 bridgehead atoms. The van der Waals surface area contributed by atoms with Crippen LogP contribution in [0.25, 0.3) is 11.2 Å². The van der Waals surface area contributed by atoms with Crippen molar-refractivity contribution in [2.24, 2.45) is 0 Å². The third-order valence-corrected chi connectivity index (χ3v) is 3.28. The Balaban J connectivity index is 1.85. The standard InChI is InChI=1S/C17H17N7O3/c1-4-11(25)22-17-18-6-5-12(24-17)27-13-8-20-15-14(23-13)10(7-19-15)16(26)21-9(2)3/h4-9H,1H2,2-3H3,(H,19,20)(H,21,26)(H,18,22,24,25). The van der Waals surface area contributed by atoms with Gasteiger partial charge in [-0.05, 0) is 19.9 Å². The summed E-state index contributed by atoms with van der Waals surface area (Å²) in [5.74, 6) is -0.354. The molecule has 0 fully saturated rings. The van der Waals surface area contributed by atoms with Crippen molar-refractivity contribution in [3.8, 4) is 11.8 Å². The molecule has 0 aromatic carbocycles. The molecule has 10 nitrogen and oxygen atoms in total. The Kier molecular flexibility index (Phi) is 5.06. The van der Waals surface area contributed by atoms with Crippen molar-refractivity contribution >= 4 is 28.9 Å². The number of aromatic amines is 1. The SMILES string of the molecule is C=CC(=O)Nc1nccc(Oc2cnc3[nH]cc(C(=O)NC(C)C)c3n2)n1. The van der Waals surface area contributed by atoms with Crippen LogP contribution in [0, 0.1) is 0 Å². The summed E-state index contributed by atoms with van der Waals surface area (Å²) in [6.07, 6.45) is 5.46. The molecule has 2 amide bonds. The van der Waals surface area contributed by atoms with Crippen molar-refractivity contribution < 1.29 is 14.3 Å². The van der Waals surface area contributed by atoms with Crippen LogP contribution in [-0.4, -0.2) is 42.8 Å². The first-order chi connectivity index (χ1) is 13.0. The molecule has 0 saturated heterocycles. The number of rotatable bonds is 6. The highest BCUT2D eigenvalue weighted by atomic mass is 16.5. The van der Waals surface area contributed by atoms with Gasteiger partial charge in [0.25, 0.3) is 5.91 Å². The molecular weight excluding hydrogens is 350 g/mol. The fraction of sp³-hybridized carbons (Fsp3) is 0.176. The lowest BCUT2D eigenvalue weighted by Gasteiger charge is -2.07. The topological polar surface area (TPSA) is 135 Å². The molecule has 0 aliphatic rings. The number of ether oxygens (including phenoxy) is 1. The third kappa shape index (κ3) is 4.24. The van der Waals surface area contributed by atoms with E-state index < -0.39 is 5.91 Å². The molecule has 3 heterocycles. The zero-order chi connectivity index (χ0) is 19.4. The van der Waals surface area contributed by atoms with Gasteiger partial charge in [-0.25, -0.2) is 15.0 Å². The molecule has 0 spiro atoms. The van der Waals surface area contributed by atoms with Gasteiger partial charge in [-0.2, -0.15) is 4.98 Å². The molecule has 10 heteroatoms. The van der Waals surface area contributed by atoms with Gasteiger partial charge in [-0.3, -0.25) is 14.9 Å². The third-order valence-electron chi connectivity index (χ3n) is 3.28. The fourth-order valence-corrected chi connectivity index (χ4v) is 2.16. The summed E-state index contributed by atoms with van der Waals surface area (Å²) in [5, 5.41) is 5.23. The minimum Gasteiger partial charge on any atom is -0.419 e. The van der Waals surface area contributed by atoms with Gasteiger partial charge in [-0.1, -0.05) is 6.58 Å². The molecule has 0 saturated carbocycles. The number of H-pyrrole nitrogens is 1. The Morgan fingerprint density at radius 1 is 1.26 bits per heavy atom. The number of amides is 2. The lowest BCUT2D eigenvalue weighted by Crippen LogP contribution is -2.29. The van der Waals surface area contributed by atoms with E-state index in [-0.39, 0.29) is 29.7 Å². The van der Waals surface area contributed by atoms with Gasteiger partial charge in [0.05, 0.1) is 11.8 Å². The number of aromatic nitrogens is 5. The summed E-state index contributed by atoms with van der Waals surface area (Å²) < 4.78 is 5.58. The molecule has 0 aliphatic heterocycles. The quantitative estimate of drug-likeness (QED) is 0.565. The van der Waals surface area contributed by atoms with Crippen LogP contribution in [0.4, 0.5) is 5.95 Å². The van der Waals surface area contributed by atoms with E-state index in [4.69, 9.17) is 4.74 Å². The van der Waals surface area contributed by atoms with Gasteiger partial charge >= 0.3 is 0 Å². The van der Waals surface area contributed by atoms with Gasteiger partial charge in [0.2, 0.25) is 23.6 Å². The van der Waals surface area contributed by atoms with Gasteiger partial charge in [0.1, 0.15) is 5.52 Å². The molecule has 0 atom stereocenters. The van der Waals surface area contributed by atoms with Gasteiger partial charge in [-0.15, -0.1) is 0 Å². The second-order valence-electron chi connectivity index (χ2n) is 5.75. The monoisotopic (exact) mass is 367 g/mol. The molecule has 27 heavy (non-hydrogen) atoms. The maximum absolute atomic E-state index is 12.3. The molecule has 0 radical (unpaired) electrons. The largest absolute Gasteiger partial charge is 0.419 e. The Labute approximate surface area is 154 Å². The minimum absolute atomic E-state index is 0.0138. The smallest absolute Gasteiger partial charge is 0.255 e. The van der Waals surface area contributed by atoms with Crippen LogP contribution < -0.4 is 15.4 Å². The average molecular weight is 367 g/mol. The lowest BCUT2D eigenvalue weighted by molar-refractivity contribution is -0.111. The van der Waals surface area contributed by atoms with Crippen molar-refractivity contribution in [1.82, 2.24) is 30.2 Å². The van der Waals surface area contributed by atoms with Gasteiger partial charge in [0, 0.05) is 24.5 Å². The number of carbonyl (C=O) groups is 2. The Bertz CT molecular complexity index is 1010. The zero-order valence-electron chi connectivity index (χ0n) is 14.7. The maximum Gasteiger partial charge on any atom is 0.255 e. The molecule has 3 aromatic rings. The van der Waals surface area contributed by atoms with E-state index in [2.05, 4.69) is 42.1 Å². The fourth-order valence-electron chi connectivity index (χ4n) is 2.16. The van der Waals surface area contributed by atoms with Gasteiger partial charge < -0.3 is 15.0 Å². The summed E-state index contributed by atoms with van der Waals surface area (Å²) in [5.41, 5.74) is 1.19. The minimum atomic E-state index is -0.443. The summed E-state index contributed by atoms with van der Waals surface area (Å²) in [6.45, 7) is 7.09. The predicted molar refractivity (Wildman–Crippen MR) is 97.4 cm³/mol. The number of carbonyl (C=O) groups excluding carboxylic acids is 2. The number of hydrogen-bond acceptors (Lipinski definition) is 7. The molecule has 138 valence electrons. The van der Waals surface area contributed by atoms with Crippen molar-refractivity contribution in [1.29, 1.82) is 0 Å². The number of hydrogen-bond donors (Lipinski definition) is 3. The normalized spacial score (nSPS) is 10.6. The van der Waals surface area contributed by atoms with Crippen LogP contribution >= 0.6 is 0 Å². The summed E-state index contributed by atoms with van der Waals surface area (Å²) in [6, 6.07) is 1.49. The average Bonchev–Trinajstić information content (AvgIpc) is 3.04. The molecule has 3 N–H and O–H groups in total. The summed E-state index contributed by atoms with van der Waals surface area (Å²) in [4.78, 5) is 43.0. The molecule has 3 aromatic heterocycles. The number of nitrogens with one attached hydrogen (secondary N) is 3. The van der Waals surface area contributed by atoms with Crippen LogP contribution in [0.1, 0.15) is 24.2 Å². The number of nitrogens with zero attached hydrogens (tertiary/aromatic N) is 4. The highest BCUT2D eigenvalue weighted by molar-refractivity contribution is 6.04. The van der Waals surface area contributed by atoms with E-state index in [1.807, 2.05) is 13.8 Å². The van der Waals surface area contributed by atoms with Crippen LogP contribution in [-0.2, 0) is 4.79 Å². The highest BCUT2D eigenvalue weighted by Crippen LogP contribution is 2.21. The predicted octanol–water partition coefficient (Wildman–Crippen LogP) is 1.80. The molecule has 0 unspecified atom stereocenters.